The van der Waals surface area contributed by atoms with E-state index in [0.717, 1.165) is 16.3 Å². The number of hydrogen-bond donors (Lipinski definition) is 2. The zero-order chi connectivity index (χ0) is 13.2. The van der Waals surface area contributed by atoms with Crippen LogP contribution in [0.5, 0.6) is 0 Å². The normalized spacial score (nSPS) is 9.62. The number of aromatic nitrogens is 2. The molecule has 21 heavy (non-hydrogen) atoms. The minimum Gasteiger partial charge on any atom is -0.412 e. The molecule has 0 aliphatic carbocycles. The maximum atomic E-state index is 13.0. The maximum Gasteiger partial charge on any atom is 0.170 e. The molecule has 0 atom stereocenters. The molecule has 110 valence electrons. The molecule has 7 heteroatoms. The van der Waals surface area contributed by atoms with Crippen molar-refractivity contribution in [3.8, 4) is 11.3 Å². The molecule has 3 aromatic rings. The zero-order valence-electron chi connectivity index (χ0n) is 10.9. The highest BCUT2D eigenvalue weighted by molar-refractivity contribution is 5.99. The number of rotatable bonds is 2. The molecule has 0 aliphatic rings. The van der Waals surface area contributed by atoms with Crippen LogP contribution in [0.4, 0.5) is 10.2 Å². The SMILES string of the molecule is Cl.NNc1nnc(-c2ccc(F)cc2)c2ccccc12.O. The lowest BCUT2D eigenvalue weighted by Gasteiger charge is -2.08. The van der Waals surface area contributed by atoms with E-state index in [0.29, 0.717) is 11.5 Å². The monoisotopic (exact) mass is 308 g/mol. The summed E-state index contributed by atoms with van der Waals surface area (Å²) in [5.74, 6) is 5.66. The van der Waals surface area contributed by atoms with Gasteiger partial charge in [-0.25, -0.2) is 10.2 Å². The Bertz CT molecular complexity index is 737. The topological polar surface area (TPSA) is 95.3 Å². The van der Waals surface area contributed by atoms with Gasteiger partial charge in [0.05, 0.1) is 0 Å². The molecule has 0 saturated carbocycles. The van der Waals surface area contributed by atoms with Gasteiger partial charge in [0, 0.05) is 16.3 Å². The molecule has 1 heterocycles. The third-order valence-electron chi connectivity index (χ3n) is 2.94. The van der Waals surface area contributed by atoms with Crippen molar-refractivity contribution in [2.45, 2.75) is 0 Å². The smallest absolute Gasteiger partial charge is 0.170 e. The molecule has 2 aromatic carbocycles. The van der Waals surface area contributed by atoms with Crippen molar-refractivity contribution in [2.75, 3.05) is 5.43 Å². The van der Waals surface area contributed by atoms with Gasteiger partial charge < -0.3 is 10.9 Å². The number of anilines is 1. The molecule has 0 amide bonds. The van der Waals surface area contributed by atoms with Gasteiger partial charge in [-0.05, 0) is 24.3 Å². The molecule has 0 radical (unpaired) electrons. The van der Waals surface area contributed by atoms with Crippen LogP contribution in [0.1, 0.15) is 0 Å². The lowest BCUT2D eigenvalue weighted by Crippen LogP contribution is -2.10. The first-order valence-electron chi connectivity index (χ1n) is 5.77. The minimum absolute atomic E-state index is 0. The third kappa shape index (κ3) is 3.08. The molecule has 0 saturated heterocycles. The van der Waals surface area contributed by atoms with Crippen LogP contribution in [0.3, 0.4) is 0 Å². The summed E-state index contributed by atoms with van der Waals surface area (Å²) in [4.78, 5) is 0. The first-order chi connectivity index (χ1) is 9.29. The van der Waals surface area contributed by atoms with E-state index >= 15 is 0 Å². The van der Waals surface area contributed by atoms with Crippen molar-refractivity contribution in [3.63, 3.8) is 0 Å². The second kappa shape index (κ2) is 6.94. The highest BCUT2D eigenvalue weighted by Gasteiger charge is 2.09. The number of hydrogen-bond acceptors (Lipinski definition) is 4. The van der Waals surface area contributed by atoms with Crippen LogP contribution in [-0.4, -0.2) is 15.7 Å². The fourth-order valence-electron chi connectivity index (χ4n) is 2.03. The van der Waals surface area contributed by atoms with Crippen molar-refractivity contribution < 1.29 is 9.87 Å². The Morgan fingerprint density at radius 1 is 0.905 bits per heavy atom. The van der Waals surface area contributed by atoms with E-state index in [4.69, 9.17) is 5.84 Å². The van der Waals surface area contributed by atoms with Crippen LogP contribution in [0.25, 0.3) is 22.0 Å². The van der Waals surface area contributed by atoms with E-state index in [9.17, 15) is 4.39 Å². The van der Waals surface area contributed by atoms with E-state index in [1.54, 1.807) is 12.1 Å². The second-order valence-corrected chi connectivity index (χ2v) is 4.09. The Morgan fingerprint density at radius 3 is 2.14 bits per heavy atom. The van der Waals surface area contributed by atoms with Gasteiger partial charge in [0.1, 0.15) is 11.5 Å². The van der Waals surface area contributed by atoms with Crippen LogP contribution >= 0.6 is 12.4 Å². The molecule has 0 aliphatic heterocycles. The van der Waals surface area contributed by atoms with Crippen molar-refractivity contribution >= 4 is 29.0 Å². The summed E-state index contributed by atoms with van der Waals surface area (Å²) in [5.41, 5.74) is 4.04. The highest BCUT2D eigenvalue weighted by atomic mass is 35.5. The summed E-state index contributed by atoms with van der Waals surface area (Å²) in [6, 6.07) is 13.8. The molecule has 1 aromatic heterocycles. The molecule has 0 fully saturated rings. The molecule has 5 N–H and O–H groups in total. The van der Waals surface area contributed by atoms with Gasteiger partial charge in [-0.1, -0.05) is 24.3 Å². The fourth-order valence-corrected chi connectivity index (χ4v) is 2.03. The quantitative estimate of drug-likeness (QED) is 0.561. The largest absolute Gasteiger partial charge is 0.412 e. The highest BCUT2D eigenvalue weighted by Crippen LogP contribution is 2.29. The maximum absolute atomic E-state index is 13.0. The number of nitrogens with two attached hydrogens (primary N) is 1. The Kier molecular flexibility index (Phi) is 5.54. The number of nitrogens with one attached hydrogen (secondary N) is 1. The van der Waals surface area contributed by atoms with Gasteiger partial charge in [0.25, 0.3) is 0 Å². The van der Waals surface area contributed by atoms with Gasteiger partial charge in [-0.3, -0.25) is 0 Å². The van der Waals surface area contributed by atoms with Crippen LogP contribution in [0, 0.1) is 5.82 Å². The summed E-state index contributed by atoms with van der Waals surface area (Å²) in [6.07, 6.45) is 0. The second-order valence-electron chi connectivity index (χ2n) is 4.09. The Balaban J connectivity index is 0.00000110. The van der Waals surface area contributed by atoms with E-state index in [-0.39, 0.29) is 23.7 Å². The minimum atomic E-state index is -0.277. The first kappa shape index (κ1) is 16.8. The number of halogens is 2. The van der Waals surface area contributed by atoms with Crippen molar-refractivity contribution in [2.24, 2.45) is 5.84 Å². The standard InChI is InChI=1S/C14H11FN4.ClH.H2O/c15-10-7-5-9(6-8-10)13-11-3-1-2-4-12(11)14(17-16)19-18-13;;/h1-8H,16H2,(H,17,19);1H;1H2. The van der Waals surface area contributed by atoms with Crippen molar-refractivity contribution in [1.82, 2.24) is 10.2 Å². The Morgan fingerprint density at radius 2 is 1.52 bits per heavy atom. The molecule has 0 bridgehead atoms. The number of fused-ring (bicyclic) bond motifs is 1. The van der Waals surface area contributed by atoms with E-state index in [2.05, 4.69) is 15.6 Å². The summed E-state index contributed by atoms with van der Waals surface area (Å²) in [7, 11) is 0. The number of hydrazine groups is 1. The third-order valence-corrected chi connectivity index (χ3v) is 2.94. The van der Waals surface area contributed by atoms with Crippen LogP contribution in [0.2, 0.25) is 0 Å². The van der Waals surface area contributed by atoms with E-state index in [1.165, 1.54) is 12.1 Å². The predicted octanol–water partition coefficient (Wildman–Crippen LogP) is 2.32. The zero-order valence-corrected chi connectivity index (χ0v) is 11.7. The van der Waals surface area contributed by atoms with Gasteiger partial charge >= 0.3 is 0 Å². The van der Waals surface area contributed by atoms with Crippen LogP contribution in [0.15, 0.2) is 48.5 Å². The van der Waals surface area contributed by atoms with Crippen molar-refractivity contribution in [3.05, 3.63) is 54.3 Å². The van der Waals surface area contributed by atoms with Gasteiger partial charge in [0.15, 0.2) is 5.82 Å². The summed E-state index contributed by atoms with van der Waals surface area (Å²) < 4.78 is 13.0. The molecule has 0 unspecified atom stereocenters. The summed E-state index contributed by atoms with van der Waals surface area (Å²) in [5, 5.41) is 10.00. The van der Waals surface area contributed by atoms with Crippen LogP contribution < -0.4 is 11.3 Å². The summed E-state index contributed by atoms with van der Waals surface area (Å²) >= 11 is 0. The summed E-state index contributed by atoms with van der Waals surface area (Å²) in [6.45, 7) is 0. The lowest BCUT2D eigenvalue weighted by atomic mass is 10.0. The fraction of sp³-hybridized carbons (Fsp3) is 0. The molecule has 5 nitrogen and oxygen atoms in total. The predicted molar refractivity (Wildman–Crippen MR) is 83.6 cm³/mol. The van der Waals surface area contributed by atoms with Crippen molar-refractivity contribution in [1.29, 1.82) is 0 Å². The molecule has 3 rings (SSSR count). The molecular formula is C14H14ClFN4O. The van der Waals surface area contributed by atoms with E-state index in [1.807, 2.05) is 24.3 Å². The molecular weight excluding hydrogens is 295 g/mol. The lowest BCUT2D eigenvalue weighted by molar-refractivity contribution is 0.628. The van der Waals surface area contributed by atoms with E-state index < -0.39 is 0 Å². The number of benzene rings is 2. The number of nitrogens with zero attached hydrogens (tertiary/aromatic N) is 2. The average Bonchev–Trinajstić information content (AvgIpc) is 2.47. The van der Waals surface area contributed by atoms with Crippen LogP contribution in [-0.2, 0) is 0 Å². The first-order valence-corrected chi connectivity index (χ1v) is 5.77. The molecule has 0 spiro atoms. The van der Waals surface area contributed by atoms with Gasteiger partial charge in [-0.15, -0.1) is 22.6 Å². The van der Waals surface area contributed by atoms with Gasteiger partial charge in [-0.2, -0.15) is 0 Å². The Labute approximate surface area is 126 Å². The number of nitrogen functional groups attached to an aromatic ring is 1. The Hall–Kier alpha value is -2.28. The average molecular weight is 309 g/mol. The van der Waals surface area contributed by atoms with Gasteiger partial charge in [0.2, 0.25) is 0 Å².